The fourth-order valence-corrected chi connectivity index (χ4v) is 4.81. The first-order chi connectivity index (χ1) is 10.8. The van der Waals surface area contributed by atoms with E-state index >= 15 is 0 Å². The molecule has 0 N–H and O–H groups in total. The van der Waals surface area contributed by atoms with Gasteiger partial charge in [-0.25, -0.2) is 0 Å². The molecule has 0 bridgehead atoms. The SMILES string of the molecule is S=C1C=C(N2CCCCC2)CC(c2ccc3c(c2)OCO3)S1. The fourth-order valence-electron chi connectivity index (χ4n) is 3.30. The Labute approximate surface area is 140 Å². The van der Waals surface area contributed by atoms with E-state index in [0.29, 0.717) is 12.0 Å². The van der Waals surface area contributed by atoms with Crippen molar-refractivity contribution in [3.63, 3.8) is 0 Å². The number of hydrogen-bond donors (Lipinski definition) is 0. The van der Waals surface area contributed by atoms with Crippen molar-refractivity contribution in [3.8, 4) is 11.5 Å². The molecule has 0 saturated carbocycles. The molecule has 1 unspecified atom stereocenters. The number of hydrogen-bond acceptors (Lipinski definition) is 5. The van der Waals surface area contributed by atoms with E-state index in [4.69, 9.17) is 21.7 Å². The van der Waals surface area contributed by atoms with Crippen LogP contribution in [0.2, 0.25) is 0 Å². The summed E-state index contributed by atoms with van der Waals surface area (Å²) in [5.74, 6) is 1.71. The van der Waals surface area contributed by atoms with Gasteiger partial charge in [-0.15, -0.1) is 11.8 Å². The highest BCUT2D eigenvalue weighted by Gasteiger charge is 2.26. The molecule has 1 aromatic carbocycles. The molecular weight excluding hydrogens is 314 g/mol. The number of thioether (sulfide) groups is 1. The normalized spacial score (nSPS) is 24.4. The summed E-state index contributed by atoms with van der Waals surface area (Å²) in [5, 5.41) is 0.379. The van der Waals surface area contributed by atoms with Gasteiger partial charge in [0, 0.05) is 30.5 Å². The van der Waals surface area contributed by atoms with Crippen LogP contribution in [0.5, 0.6) is 11.5 Å². The molecule has 3 aliphatic heterocycles. The highest BCUT2D eigenvalue weighted by molar-refractivity contribution is 8.23. The van der Waals surface area contributed by atoms with E-state index in [2.05, 4.69) is 23.1 Å². The van der Waals surface area contributed by atoms with Crippen molar-refractivity contribution in [1.29, 1.82) is 0 Å². The second-order valence-electron chi connectivity index (χ2n) is 5.93. The number of allylic oxidation sites excluding steroid dienone is 1. The maximum Gasteiger partial charge on any atom is 0.231 e. The van der Waals surface area contributed by atoms with Crippen molar-refractivity contribution in [1.82, 2.24) is 4.90 Å². The Kier molecular flexibility index (Phi) is 4.01. The predicted molar refractivity (Wildman–Crippen MR) is 93.6 cm³/mol. The van der Waals surface area contributed by atoms with Crippen molar-refractivity contribution in [2.45, 2.75) is 30.9 Å². The van der Waals surface area contributed by atoms with E-state index in [1.165, 1.54) is 43.6 Å². The van der Waals surface area contributed by atoms with Crippen molar-refractivity contribution in [2.75, 3.05) is 19.9 Å². The van der Waals surface area contributed by atoms with Gasteiger partial charge in [0.15, 0.2) is 11.5 Å². The maximum absolute atomic E-state index is 5.53. The molecule has 4 rings (SSSR count). The highest BCUT2D eigenvalue weighted by Crippen LogP contribution is 2.44. The number of likely N-dealkylation sites (tertiary alicyclic amines) is 1. The second-order valence-corrected chi connectivity index (χ2v) is 7.87. The molecular formula is C17H19NO2S2. The van der Waals surface area contributed by atoms with Gasteiger partial charge in [-0.3, -0.25) is 0 Å². The molecule has 3 aliphatic rings. The van der Waals surface area contributed by atoms with Crippen molar-refractivity contribution >= 4 is 28.2 Å². The number of ether oxygens (including phenoxy) is 2. The summed E-state index contributed by atoms with van der Waals surface area (Å²) in [7, 11) is 0. The Hall–Kier alpha value is -1.20. The van der Waals surface area contributed by atoms with Crippen LogP contribution in [-0.2, 0) is 0 Å². The topological polar surface area (TPSA) is 21.7 Å². The third-order valence-electron chi connectivity index (χ3n) is 4.47. The summed E-state index contributed by atoms with van der Waals surface area (Å²) in [4.78, 5) is 2.52. The standard InChI is InChI=1S/C17H19NO2S2/c21-17-10-13(18-6-2-1-3-7-18)9-16(22-17)12-4-5-14-15(8-12)20-11-19-14/h4-5,8,10,16H,1-3,6-7,9,11H2. The molecule has 3 nitrogen and oxygen atoms in total. The first kappa shape index (κ1) is 14.4. The molecule has 1 fully saturated rings. The van der Waals surface area contributed by atoms with Gasteiger partial charge in [0.1, 0.15) is 0 Å². The lowest BCUT2D eigenvalue weighted by Gasteiger charge is -2.35. The van der Waals surface area contributed by atoms with Gasteiger partial charge >= 0.3 is 0 Å². The first-order valence-electron chi connectivity index (χ1n) is 7.85. The molecule has 0 aliphatic carbocycles. The van der Waals surface area contributed by atoms with E-state index in [1.54, 1.807) is 11.8 Å². The Morgan fingerprint density at radius 1 is 1.09 bits per heavy atom. The second kappa shape index (κ2) is 6.13. The average molecular weight is 333 g/mol. The summed E-state index contributed by atoms with van der Waals surface area (Å²) in [6, 6.07) is 6.27. The Morgan fingerprint density at radius 3 is 2.77 bits per heavy atom. The maximum atomic E-state index is 5.53. The van der Waals surface area contributed by atoms with E-state index < -0.39 is 0 Å². The van der Waals surface area contributed by atoms with Crippen molar-refractivity contribution < 1.29 is 9.47 Å². The van der Waals surface area contributed by atoms with Crippen LogP contribution < -0.4 is 9.47 Å². The molecule has 22 heavy (non-hydrogen) atoms. The molecule has 0 spiro atoms. The molecule has 116 valence electrons. The lowest BCUT2D eigenvalue weighted by molar-refractivity contribution is 0.174. The first-order valence-corrected chi connectivity index (χ1v) is 9.14. The van der Waals surface area contributed by atoms with Crippen LogP contribution >= 0.6 is 24.0 Å². The number of rotatable bonds is 2. The van der Waals surface area contributed by atoms with Gasteiger partial charge in [0.25, 0.3) is 0 Å². The summed E-state index contributed by atoms with van der Waals surface area (Å²) in [6.45, 7) is 2.67. The minimum absolute atomic E-state index is 0.327. The van der Waals surface area contributed by atoms with Crippen LogP contribution in [0, 0.1) is 0 Å². The van der Waals surface area contributed by atoms with Gasteiger partial charge in [0.05, 0.1) is 4.20 Å². The fraction of sp³-hybridized carbons (Fsp3) is 0.471. The van der Waals surface area contributed by atoms with E-state index in [0.717, 1.165) is 22.1 Å². The van der Waals surface area contributed by atoms with Gasteiger partial charge in [0.2, 0.25) is 6.79 Å². The van der Waals surface area contributed by atoms with Gasteiger partial charge < -0.3 is 14.4 Å². The van der Waals surface area contributed by atoms with Crippen molar-refractivity contribution in [3.05, 3.63) is 35.5 Å². The zero-order valence-corrected chi connectivity index (χ0v) is 14.0. The van der Waals surface area contributed by atoms with E-state index in [-0.39, 0.29) is 0 Å². The molecule has 0 radical (unpaired) electrons. The van der Waals surface area contributed by atoms with E-state index in [9.17, 15) is 0 Å². The number of thiocarbonyl (C=S) groups is 1. The monoisotopic (exact) mass is 333 g/mol. The average Bonchev–Trinajstić information content (AvgIpc) is 3.02. The molecule has 3 heterocycles. The van der Waals surface area contributed by atoms with Crippen LogP contribution in [0.3, 0.4) is 0 Å². The van der Waals surface area contributed by atoms with Crippen LogP contribution in [0.1, 0.15) is 36.5 Å². The van der Waals surface area contributed by atoms with Crippen molar-refractivity contribution in [2.24, 2.45) is 0 Å². The Balaban J connectivity index is 1.55. The Bertz CT molecular complexity index is 623. The zero-order valence-electron chi connectivity index (χ0n) is 12.4. The van der Waals surface area contributed by atoms with Gasteiger partial charge in [-0.2, -0.15) is 0 Å². The lowest BCUT2D eigenvalue weighted by atomic mass is 10.0. The molecule has 0 aromatic heterocycles. The number of piperidine rings is 1. The third kappa shape index (κ3) is 2.84. The highest BCUT2D eigenvalue weighted by atomic mass is 32.2. The minimum Gasteiger partial charge on any atom is -0.454 e. The van der Waals surface area contributed by atoms with Crippen LogP contribution in [0.15, 0.2) is 30.0 Å². The third-order valence-corrected chi connectivity index (χ3v) is 5.95. The number of fused-ring (bicyclic) bond motifs is 1. The molecule has 1 saturated heterocycles. The number of nitrogens with zero attached hydrogens (tertiary/aromatic N) is 1. The largest absolute Gasteiger partial charge is 0.454 e. The smallest absolute Gasteiger partial charge is 0.231 e. The molecule has 5 heteroatoms. The number of benzene rings is 1. The zero-order chi connectivity index (χ0) is 14.9. The molecule has 1 aromatic rings. The predicted octanol–water partition coefficient (Wildman–Crippen LogP) is 4.29. The molecule has 0 amide bonds. The Morgan fingerprint density at radius 2 is 1.91 bits per heavy atom. The summed E-state index contributed by atoms with van der Waals surface area (Å²) in [6.07, 6.45) is 7.20. The van der Waals surface area contributed by atoms with Gasteiger partial charge in [-0.05, 0) is 43.0 Å². The summed E-state index contributed by atoms with van der Waals surface area (Å²) in [5.41, 5.74) is 2.69. The van der Waals surface area contributed by atoms with Gasteiger partial charge in [-0.1, -0.05) is 18.3 Å². The van der Waals surface area contributed by atoms with Crippen LogP contribution in [0.4, 0.5) is 0 Å². The molecule has 1 atom stereocenters. The minimum atomic E-state index is 0.327. The summed E-state index contributed by atoms with van der Waals surface area (Å²) >= 11 is 7.32. The lowest BCUT2D eigenvalue weighted by Crippen LogP contribution is -2.31. The van der Waals surface area contributed by atoms with Crippen LogP contribution in [0.25, 0.3) is 0 Å². The summed E-state index contributed by atoms with van der Waals surface area (Å²) < 4.78 is 11.9. The quantitative estimate of drug-likeness (QED) is 0.751. The van der Waals surface area contributed by atoms with E-state index in [1.807, 2.05) is 6.07 Å². The van der Waals surface area contributed by atoms with Crippen LogP contribution in [-0.4, -0.2) is 29.0 Å².